The quantitative estimate of drug-likeness (QED) is 0.530. The molecule has 1 aromatic heterocycles. The van der Waals surface area contributed by atoms with Gasteiger partial charge in [-0.3, -0.25) is 4.57 Å². The average Bonchev–Trinajstić information content (AvgIpc) is 2.92. The molecule has 1 heterocycles. The van der Waals surface area contributed by atoms with Crippen molar-refractivity contribution in [2.75, 3.05) is 5.75 Å². The summed E-state index contributed by atoms with van der Waals surface area (Å²) in [5.41, 5.74) is 1.13. The highest BCUT2D eigenvalue weighted by Crippen LogP contribution is 2.20. The number of unbranched alkanes of at least 4 members (excludes halogenated alkanes) is 4. The molecule has 0 amide bonds. The summed E-state index contributed by atoms with van der Waals surface area (Å²) < 4.78 is 2.05. The van der Waals surface area contributed by atoms with Crippen molar-refractivity contribution < 1.29 is 0 Å². The van der Waals surface area contributed by atoms with Crippen LogP contribution in [0.2, 0.25) is 0 Å². The van der Waals surface area contributed by atoms with E-state index in [9.17, 15) is 0 Å². The maximum atomic E-state index is 4.20. The molecule has 0 N–H and O–H groups in total. The van der Waals surface area contributed by atoms with Crippen LogP contribution in [0.1, 0.15) is 39.0 Å². The Balaban J connectivity index is 1.83. The van der Waals surface area contributed by atoms with Crippen molar-refractivity contribution in [2.45, 2.75) is 44.2 Å². The molecule has 2 aromatic rings. The van der Waals surface area contributed by atoms with Crippen LogP contribution in [0.3, 0.4) is 0 Å². The van der Waals surface area contributed by atoms with Crippen molar-refractivity contribution >= 4 is 11.8 Å². The molecule has 0 atom stereocenters. The van der Waals surface area contributed by atoms with Gasteiger partial charge in [0.1, 0.15) is 6.33 Å². The van der Waals surface area contributed by atoms with Crippen molar-refractivity contribution in [1.82, 2.24) is 14.8 Å². The van der Waals surface area contributed by atoms with Crippen LogP contribution in [-0.4, -0.2) is 20.5 Å². The number of thioether (sulfide) groups is 1. The van der Waals surface area contributed by atoms with Crippen molar-refractivity contribution in [3.8, 4) is 5.69 Å². The highest BCUT2D eigenvalue weighted by molar-refractivity contribution is 7.99. The lowest BCUT2D eigenvalue weighted by molar-refractivity contribution is 0.659. The molecule has 2 rings (SSSR count). The Bertz CT molecular complexity index is 467. The van der Waals surface area contributed by atoms with Gasteiger partial charge in [-0.25, -0.2) is 0 Å². The Morgan fingerprint density at radius 3 is 2.63 bits per heavy atom. The van der Waals surface area contributed by atoms with Gasteiger partial charge in [-0.2, -0.15) is 0 Å². The van der Waals surface area contributed by atoms with Gasteiger partial charge in [0, 0.05) is 11.4 Å². The first kappa shape index (κ1) is 14.1. The van der Waals surface area contributed by atoms with Gasteiger partial charge in [0.25, 0.3) is 0 Å². The van der Waals surface area contributed by atoms with E-state index < -0.39 is 0 Å². The zero-order valence-electron chi connectivity index (χ0n) is 11.5. The smallest absolute Gasteiger partial charge is 0.195 e. The van der Waals surface area contributed by atoms with Gasteiger partial charge >= 0.3 is 0 Å². The van der Waals surface area contributed by atoms with Gasteiger partial charge in [0.2, 0.25) is 0 Å². The first-order valence-electron chi connectivity index (χ1n) is 7.00. The molecule has 1 aromatic carbocycles. The molecule has 0 aliphatic rings. The molecular weight excluding hydrogens is 254 g/mol. The summed E-state index contributed by atoms with van der Waals surface area (Å²) in [4.78, 5) is 0. The van der Waals surface area contributed by atoms with Crippen LogP contribution in [0.5, 0.6) is 0 Å². The minimum atomic E-state index is 0.988. The first-order valence-corrected chi connectivity index (χ1v) is 7.98. The predicted molar refractivity (Wildman–Crippen MR) is 80.8 cm³/mol. The molecule has 102 valence electrons. The van der Waals surface area contributed by atoms with E-state index >= 15 is 0 Å². The Labute approximate surface area is 119 Å². The van der Waals surface area contributed by atoms with Crippen LogP contribution in [0, 0.1) is 0 Å². The van der Waals surface area contributed by atoms with E-state index in [4.69, 9.17) is 0 Å². The number of hydrogen-bond donors (Lipinski definition) is 0. The van der Waals surface area contributed by atoms with Crippen LogP contribution >= 0.6 is 11.8 Å². The molecule has 0 unspecified atom stereocenters. The molecule has 0 bridgehead atoms. The number of nitrogens with zero attached hydrogens (tertiary/aromatic N) is 3. The Morgan fingerprint density at radius 1 is 1.05 bits per heavy atom. The van der Waals surface area contributed by atoms with Gasteiger partial charge in [0.05, 0.1) is 0 Å². The zero-order valence-corrected chi connectivity index (χ0v) is 12.3. The zero-order chi connectivity index (χ0) is 13.3. The molecule has 0 radical (unpaired) electrons. The SMILES string of the molecule is CCCCCCCSc1nncn1-c1ccccc1. The van der Waals surface area contributed by atoms with E-state index in [0.29, 0.717) is 0 Å². The van der Waals surface area contributed by atoms with Crippen LogP contribution in [0.4, 0.5) is 0 Å². The summed E-state index contributed by atoms with van der Waals surface area (Å²) in [5.74, 6) is 1.12. The fourth-order valence-electron chi connectivity index (χ4n) is 1.96. The molecule has 4 heteroatoms. The monoisotopic (exact) mass is 275 g/mol. The second-order valence-corrected chi connectivity index (χ2v) is 5.64. The summed E-state index contributed by atoms with van der Waals surface area (Å²) in [7, 11) is 0. The van der Waals surface area contributed by atoms with E-state index in [1.165, 1.54) is 32.1 Å². The maximum Gasteiger partial charge on any atom is 0.195 e. The molecular formula is C15H21N3S. The molecule has 3 nitrogen and oxygen atoms in total. The van der Waals surface area contributed by atoms with Crippen molar-refractivity contribution in [3.05, 3.63) is 36.7 Å². The van der Waals surface area contributed by atoms with E-state index in [1.807, 2.05) is 18.2 Å². The third kappa shape index (κ3) is 4.39. The highest BCUT2D eigenvalue weighted by Gasteiger charge is 2.06. The summed E-state index contributed by atoms with van der Waals surface area (Å²) in [5, 5.41) is 9.21. The third-order valence-electron chi connectivity index (χ3n) is 3.03. The summed E-state index contributed by atoms with van der Waals surface area (Å²) in [6.07, 6.45) is 8.37. The Morgan fingerprint density at radius 2 is 1.84 bits per heavy atom. The number of rotatable bonds is 8. The van der Waals surface area contributed by atoms with E-state index in [1.54, 1.807) is 18.1 Å². The van der Waals surface area contributed by atoms with Gasteiger partial charge < -0.3 is 0 Å². The molecule has 0 spiro atoms. The fourth-order valence-corrected chi connectivity index (χ4v) is 2.89. The normalized spacial score (nSPS) is 10.8. The van der Waals surface area contributed by atoms with Gasteiger partial charge in [-0.1, -0.05) is 62.6 Å². The fraction of sp³-hybridized carbons (Fsp3) is 0.467. The molecule has 0 fully saturated rings. The van der Waals surface area contributed by atoms with Gasteiger partial charge in [0.15, 0.2) is 5.16 Å². The minimum Gasteiger partial charge on any atom is -0.277 e. The molecule has 19 heavy (non-hydrogen) atoms. The molecule has 0 saturated carbocycles. The van der Waals surface area contributed by atoms with Gasteiger partial charge in [-0.15, -0.1) is 10.2 Å². The van der Waals surface area contributed by atoms with Crippen LogP contribution in [0.25, 0.3) is 5.69 Å². The lowest BCUT2D eigenvalue weighted by Gasteiger charge is -2.05. The Kier molecular flexibility index (Phi) is 5.95. The van der Waals surface area contributed by atoms with Crippen molar-refractivity contribution in [3.63, 3.8) is 0 Å². The number of aromatic nitrogens is 3. The molecule has 0 aliphatic heterocycles. The summed E-state index contributed by atoms with van der Waals surface area (Å²) in [6.45, 7) is 2.25. The lowest BCUT2D eigenvalue weighted by atomic mass is 10.2. The van der Waals surface area contributed by atoms with Crippen LogP contribution < -0.4 is 0 Å². The number of hydrogen-bond acceptors (Lipinski definition) is 3. The summed E-state index contributed by atoms with van der Waals surface area (Å²) >= 11 is 1.80. The maximum absolute atomic E-state index is 4.20. The molecule has 0 aliphatic carbocycles. The highest BCUT2D eigenvalue weighted by atomic mass is 32.2. The van der Waals surface area contributed by atoms with Crippen LogP contribution in [-0.2, 0) is 0 Å². The lowest BCUT2D eigenvalue weighted by Crippen LogP contribution is -1.95. The van der Waals surface area contributed by atoms with E-state index in [2.05, 4.69) is 33.8 Å². The van der Waals surface area contributed by atoms with Crippen LogP contribution in [0.15, 0.2) is 41.8 Å². The standard InChI is InChI=1S/C15H21N3S/c1-2-3-4-5-9-12-19-15-17-16-13-18(15)14-10-7-6-8-11-14/h6-8,10-11,13H,2-5,9,12H2,1H3. The third-order valence-corrected chi connectivity index (χ3v) is 4.06. The topological polar surface area (TPSA) is 30.7 Å². The number of benzene rings is 1. The van der Waals surface area contributed by atoms with Crippen molar-refractivity contribution in [2.24, 2.45) is 0 Å². The largest absolute Gasteiger partial charge is 0.277 e. The van der Waals surface area contributed by atoms with Gasteiger partial charge in [-0.05, 0) is 18.6 Å². The minimum absolute atomic E-state index is 0.988. The summed E-state index contributed by atoms with van der Waals surface area (Å²) in [6, 6.07) is 10.3. The predicted octanol–water partition coefficient (Wildman–Crippen LogP) is 4.33. The molecule has 0 saturated heterocycles. The average molecular weight is 275 g/mol. The van der Waals surface area contributed by atoms with E-state index in [-0.39, 0.29) is 0 Å². The number of para-hydroxylation sites is 1. The Hall–Kier alpha value is -1.29. The van der Waals surface area contributed by atoms with Crippen molar-refractivity contribution in [1.29, 1.82) is 0 Å². The first-order chi connectivity index (χ1) is 9.42. The second kappa shape index (κ2) is 8.00. The van der Waals surface area contributed by atoms with E-state index in [0.717, 1.165) is 16.6 Å². The second-order valence-electron chi connectivity index (χ2n) is 4.58.